The molecule has 4 rings (SSSR count). The number of ether oxygens (including phenoxy) is 1. The summed E-state index contributed by atoms with van der Waals surface area (Å²) in [6.45, 7) is 5.33. The Labute approximate surface area is 180 Å². The first-order valence-electron chi connectivity index (χ1n) is 10.2. The molecule has 0 aliphatic heterocycles. The van der Waals surface area contributed by atoms with Crippen LogP contribution in [-0.4, -0.2) is 17.1 Å². The van der Waals surface area contributed by atoms with Crippen LogP contribution in [0.3, 0.4) is 0 Å². The number of aryl methyl sites for hydroxylation is 1. The molecule has 0 atom stereocenters. The fraction of sp³-hybridized carbons (Fsp3) is 0.200. The summed E-state index contributed by atoms with van der Waals surface area (Å²) < 4.78 is 8.90. The Balaban J connectivity index is 1.64. The second-order valence-corrected chi connectivity index (χ2v) is 7.95. The lowest BCUT2D eigenvalue weighted by atomic mass is 10.0. The number of hydrogen-bond acceptors (Lipinski definition) is 3. The Morgan fingerprint density at radius 1 is 0.933 bits per heavy atom. The lowest BCUT2D eigenvalue weighted by Crippen LogP contribution is -2.16. The van der Waals surface area contributed by atoms with Gasteiger partial charge in [-0.05, 0) is 55.7 Å². The molecule has 4 aromatic rings. The van der Waals surface area contributed by atoms with E-state index in [1.54, 1.807) is 0 Å². The van der Waals surface area contributed by atoms with E-state index in [0.717, 1.165) is 22.4 Å². The summed E-state index contributed by atoms with van der Waals surface area (Å²) in [5.74, 6) is 0.597. The molecular formula is C25H24N2O2S. The molecule has 5 heteroatoms. The third-order valence-electron chi connectivity index (χ3n) is 4.93. The van der Waals surface area contributed by atoms with Gasteiger partial charge in [0.25, 0.3) is 5.91 Å². The average molecular weight is 417 g/mol. The van der Waals surface area contributed by atoms with Gasteiger partial charge in [0.05, 0.1) is 11.3 Å². The summed E-state index contributed by atoms with van der Waals surface area (Å²) in [7, 11) is 0. The Kier molecular flexibility index (Phi) is 6.10. The van der Waals surface area contributed by atoms with E-state index in [9.17, 15) is 4.79 Å². The van der Waals surface area contributed by atoms with Crippen molar-refractivity contribution in [3.05, 3.63) is 94.3 Å². The van der Waals surface area contributed by atoms with E-state index >= 15 is 0 Å². The molecule has 0 bridgehead atoms. The lowest BCUT2D eigenvalue weighted by Gasteiger charge is -2.07. The standard InChI is InChI=1S/C25H24N2O2S/c1-3-27-23-21(29-4-2)11-8-12-22(23)30-25(27)26-24(28)20-15-13-19(14-16-20)17-18-9-6-5-7-10-18/h5-16H,3-4,17H2,1-2H3. The van der Waals surface area contributed by atoms with Crippen molar-refractivity contribution < 1.29 is 9.53 Å². The van der Waals surface area contributed by atoms with Crippen LogP contribution in [0.5, 0.6) is 5.75 Å². The predicted octanol–water partition coefficient (Wildman–Crippen LogP) is 5.45. The molecule has 0 saturated heterocycles. The largest absolute Gasteiger partial charge is 0.492 e. The minimum Gasteiger partial charge on any atom is -0.492 e. The predicted molar refractivity (Wildman–Crippen MR) is 122 cm³/mol. The van der Waals surface area contributed by atoms with Crippen LogP contribution in [0.4, 0.5) is 0 Å². The molecular weight excluding hydrogens is 392 g/mol. The monoisotopic (exact) mass is 416 g/mol. The molecule has 0 N–H and O–H groups in total. The quantitative estimate of drug-likeness (QED) is 0.419. The molecule has 1 aromatic heterocycles. The molecule has 4 nitrogen and oxygen atoms in total. The number of fused-ring (bicyclic) bond motifs is 1. The number of carbonyl (C=O) groups excluding carboxylic acids is 1. The second-order valence-electron chi connectivity index (χ2n) is 6.94. The summed E-state index contributed by atoms with van der Waals surface area (Å²) >= 11 is 1.51. The zero-order valence-corrected chi connectivity index (χ0v) is 18.0. The van der Waals surface area contributed by atoms with Gasteiger partial charge in [0.15, 0.2) is 4.80 Å². The Bertz CT molecular complexity index is 1220. The van der Waals surface area contributed by atoms with Gasteiger partial charge in [0.1, 0.15) is 11.3 Å². The molecule has 1 amide bonds. The lowest BCUT2D eigenvalue weighted by molar-refractivity contribution is 0.0998. The topological polar surface area (TPSA) is 43.6 Å². The SMILES string of the molecule is CCOc1cccc2sc(=NC(=O)c3ccc(Cc4ccccc4)cc3)n(CC)c12. The number of carbonyl (C=O) groups is 1. The van der Waals surface area contributed by atoms with Gasteiger partial charge in [-0.15, -0.1) is 0 Å². The van der Waals surface area contributed by atoms with E-state index < -0.39 is 0 Å². The molecule has 0 spiro atoms. The smallest absolute Gasteiger partial charge is 0.279 e. The van der Waals surface area contributed by atoms with Gasteiger partial charge in [-0.3, -0.25) is 4.79 Å². The van der Waals surface area contributed by atoms with Crippen molar-refractivity contribution in [3.63, 3.8) is 0 Å². The number of hydrogen-bond donors (Lipinski definition) is 0. The highest BCUT2D eigenvalue weighted by molar-refractivity contribution is 7.16. The summed E-state index contributed by atoms with van der Waals surface area (Å²) in [6.07, 6.45) is 0.846. The van der Waals surface area contributed by atoms with Gasteiger partial charge in [0, 0.05) is 12.1 Å². The fourth-order valence-electron chi connectivity index (χ4n) is 3.50. The van der Waals surface area contributed by atoms with Crippen LogP contribution in [0.2, 0.25) is 0 Å². The van der Waals surface area contributed by atoms with Crippen molar-refractivity contribution in [1.29, 1.82) is 0 Å². The van der Waals surface area contributed by atoms with E-state index in [2.05, 4.69) is 24.0 Å². The van der Waals surface area contributed by atoms with Gasteiger partial charge in [-0.25, -0.2) is 0 Å². The first-order chi connectivity index (χ1) is 14.7. The first kappa shape index (κ1) is 20.1. The van der Waals surface area contributed by atoms with Gasteiger partial charge in [-0.1, -0.05) is 59.9 Å². The zero-order valence-electron chi connectivity index (χ0n) is 17.2. The highest BCUT2D eigenvalue weighted by Gasteiger charge is 2.12. The average Bonchev–Trinajstić information content (AvgIpc) is 3.13. The van der Waals surface area contributed by atoms with E-state index in [0.29, 0.717) is 23.5 Å². The van der Waals surface area contributed by atoms with Gasteiger partial charge >= 0.3 is 0 Å². The molecule has 3 aromatic carbocycles. The van der Waals surface area contributed by atoms with Crippen molar-refractivity contribution in [2.45, 2.75) is 26.8 Å². The van der Waals surface area contributed by atoms with Crippen LogP contribution >= 0.6 is 11.3 Å². The minimum absolute atomic E-state index is 0.229. The van der Waals surface area contributed by atoms with Crippen LogP contribution in [0.1, 0.15) is 35.3 Å². The Morgan fingerprint density at radius 2 is 1.67 bits per heavy atom. The Morgan fingerprint density at radius 3 is 2.37 bits per heavy atom. The van der Waals surface area contributed by atoms with Crippen molar-refractivity contribution in [2.24, 2.45) is 4.99 Å². The summed E-state index contributed by atoms with van der Waals surface area (Å²) in [5.41, 5.74) is 4.01. The Hall–Kier alpha value is -3.18. The number of nitrogens with zero attached hydrogens (tertiary/aromatic N) is 2. The third kappa shape index (κ3) is 4.21. The van der Waals surface area contributed by atoms with Crippen LogP contribution in [0.25, 0.3) is 10.2 Å². The highest BCUT2D eigenvalue weighted by Crippen LogP contribution is 2.27. The summed E-state index contributed by atoms with van der Waals surface area (Å²) in [4.78, 5) is 18.0. The molecule has 0 aliphatic rings. The number of aromatic nitrogens is 1. The molecule has 152 valence electrons. The first-order valence-corrected chi connectivity index (χ1v) is 11.0. The third-order valence-corrected chi connectivity index (χ3v) is 5.97. The number of benzene rings is 3. The summed E-state index contributed by atoms with van der Waals surface area (Å²) in [5, 5.41) is 0. The molecule has 0 aliphatic carbocycles. The molecule has 1 heterocycles. The number of thiazole rings is 1. The zero-order chi connectivity index (χ0) is 20.9. The van der Waals surface area contributed by atoms with Crippen LogP contribution in [-0.2, 0) is 13.0 Å². The molecule has 30 heavy (non-hydrogen) atoms. The normalized spacial score (nSPS) is 11.7. The maximum Gasteiger partial charge on any atom is 0.279 e. The van der Waals surface area contributed by atoms with E-state index in [1.807, 2.05) is 72.2 Å². The van der Waals surface area contributed by atoms with Crippen LogP contribution < -0.4 is 9.54 Å². The van der Waals surface area contributed by atoms with Crippen molar-refractivity contribution >= 4 is 27.5 Å². The fourth-order valence-corrected chi connectivity index (χ4v) is 4.61. The molecule has 0 fully saturated rings. The van der Waals surface area contributed by atoms with Crippen molar-refractivity contribution in [2.75, 3.05) is 6.61 Å². The molecule has 0 radical (unpaired) electrons. The van der Waals surface area contributed by atoms with Gasteiger partial charge < -0.3 is 9.30 Å². The maximum atomic E-state index is 12.8. The van der Waals surface area contributed by atoms with Crippen LogP contribution in [0, 0.1) is 0 Å². The van der Waals surface area contributed by atoms with Gasteiger partial charge in [-0.2, -0.15) is 4.99 Å². The van der Waals surface area contributed by atoms with E-state index in [-0.39, 0.29) is 5.91 Å². The maximum absolute atomic E-state index is 12.8. The highest BCUT2D eigenvalue weighted by atomic mass is 32.1. The number of rotatable bonds is 6. The molecule has 0 unspecified atom stereocenters. The van der Waals surface area contributed by atoms with E-state index in [1.165, 1.54) is 22.5 Å². The van der Waals surface area contributed by atoms with E-state index in [4.69, 9.17) is 4.74 Å². The minimum atomic E-state index is -0.229. The second kappa shape index (κ2) is 9.09. The van der Waals surface area contributed by atoms with Crippen molar-refractivity contribution in [1.82, 2.24) is 4.57 Å². The van der Waals surface area contributed by atoms with Crippen molar-refractivity contribution in [3.8, 4) is 5.75 Å². The number of amides is 1. The molecule has 0 saturated carbocycles. The van der Waals surface area contributed by atoms with Crippen LogP contribution in [0.15, 0.2) is 77.8 Å². The number of para-hydroxylation sites is 1. The summed E-state index contributed by atoms with van der Waals surface area (Å²) in [6, 6.07) is 24.0. The van der Waals surface area contributed by atoms with Gasteiger partial charge in [0.2, 0.25) is 0 Å².